The fraction of sp³-hybridized carbons (Fsp3) is 0.867. The number of carboxylic acid groups (broad SMARTS) is 1. The zero-order chi connectivity index (χ0) is 14.7. The molecule has 1 saturated carbocycles. The minimum absolute atomic E-state index is 0.0174. The van der Waals surface area contributed by atoms with Crippen LogP contribution in [0.15, 0.2) is 0 Å². The molecule has 0 aromatic heterocycles. The van der Waals surface area contributed by atoms with Crippen molar-refractivity contribution in [2.45, 2.75) is 70.5 Å². The minimum atomic E-state index is -0.850. The van der Waals surface area contributed by atoms with Crippen LogP contribution in [0.1, 0.15) is 52.4 Å². The number of aliphatic carboxylic acids is 1. The number of hydrogen-bond acceptors (Lipinski definition) is 3. The van der Waals surface area contributed by atoms with Crippen LogP contribution in [-0.2, 0) is 9.59 Å². The first-order valence-corrected chi connectivity index (χ1v) is 7.77. The zero-order valence-electron chi connectivity index (χ0n) is 12.5. The summed E-state index contributed by atoms with van der Waals surface area (Å²) in [5.74, 6) is -0.140. The summed E-state index contributed by atoms with van der Waals surface area (Å²) in [5, 5.41) is 12.3. The molecule has 2 aliphatic rings. The van der Waals surface area contributed by atoms with E-state index in [2.05, 4.69) is 5.32 Å². The number of carboxylic acids is 1. The topological polar surface area (TPSA) is 69.6 Å². The maximum absolute atomic E-state index is 12.6. The molecule has 2 N–H and O–H groups in total. The number of carbonyl (C=O) groups excluding carboxylic acids is 1. The van der Waals surface area contributed by atoms with Gasteiger partial charge in [0.2, 0.25) is 5.91 Å². The molecule has 3 unspecified atom stereocenters. The van der Waals surface area contributed by atoms with E-state index in [1.165, 1.54) is 25.7 Å². The average Bonchev–Trinajstić information content (AvgIpc) is 2.81. The third-order valence-corrected chi connectivity index (χ3v) is 4.63. The molecule has 3 atom stereocenters. The summed E-state index contributed by atoms with van der Waals surface area (Å²) < 4.78 is 0. The molecule has 2 rings (SSSR count). The molecule has 5 heteroatoms. The summed E-state index contributed by atoms with van der Waals surface area (Å²) in [6.07, 6.45) is 5.85. The summed E-state index contributed by atoms with van der Waals surface area (Å²) in [6.45, 7) is 4.20. The molecule has 0 spiro atoms. The molecular weight excluding hydrogens is 256 g/mol. The maximum Gasteiger partial charge on any atom is 0.305 e. The van der Waals surface area contributed by atoms with Crippen molar-refractivity contribution in [1.29, 1.82) is 0 Å². The molecule has 1 aliphatic carbocycles. The van der Waals surface area contributed by atoms with Crippen molar-refractivity contribution in [2.75, 3.05) is 6.54 Å². The van der Waals surface area contributed by atoms with Gasteiger partial charge < -0.3 is 15.3 Å². The molecule has 5 nitrogen and oxygen atoms in total. The Morgan fingerprint density at radius 2 is 2.00 bits per heavy atom. The number of nitrogens with one attached hydrogen (secondary N) is 1. The molecule has 0 aromatic carbocycles. The van der Waals surface area contributed by atoms with Crippen LogP contribution in [0.2, 0.25) is 0 Å². The molecule has 2 fully saturated rings. The first kappa shape index (κ1) is 15.3. The lowest BCUT2D eigenvalue weighted by Gasteiger charge is -2.29. The summed E-state index contributed by atoms with van der Waals surface area (Å²) in [4.78, 5) is 25.0. The van der Waals surface area contributed by atoms with Gasteiger partial charge in [-0.05, 0) is 39.0 Å². The highest BCUT2D eigenvalue weighted by Crippen LogP contribution is 2.33. The Balaban J connectivity index is 1.95. The van der Waals surface area contributed by atoms with E-state index >= 15 is 0 Å². The molecule has 0 bridgehead atoms. The largest absolute Gasteiger partial charge is 0.481 e. The average molecular weight is 282 g/mol. The SMILES string of the molecule is CC(C)N(CCC(=O)O)C(=O)C1CC2CCCCC2N1. The number of nitrogens with zero attached hydrogens (tertiary/aromatic N) is 1. The van der Waals surface area contributed by atoms with E-state index in [1.54, 1.807) is 4.90 Å². The van der Waals surface area contributed by atoms with E-state index in [-0.39, 0.29) is 24.4 Å². The van der Waals surface area contributed by atoms with Crippen molar-refractivity contribution in [3.8, 4) is 0 Å². The lowest BCUT2D eigenvalue weighted by Crippen LogP contribution is -2.48. The van der Waals surface area contributed by atoms with Crippen molar-refractivity contribution in [1.82, 2.24) is 10.2 Å². The van der Waals surface area contributed by atoms with Gasteiger partial charge >= 0.3 is 5.97 Å². The predicted molar refractivity (Wildman–Crippen MR) is 76.4 cm³/mol. The molecule has 0 radical (unpaired) electrons. The van der Waals surface area contributed by atoms with Gasteiger partial charge in [-0.3, -0.25) is 9.59 Å². The van der Waals surface area contributed by atoms with E-state index < -0.39 is 5.97 Å². The molecule has 1 amide bonds. The molecule has 20 heavy (non-hydrogen) atoms. The first-order chi connectivity index (χ1) is 9.49. The van der Waals surface area contributed by atoms with Gasteiger partial charge in [-0.1, -0.05) is 12.8 Å². The Morgan fingerprint density at radius 1 is 1.30 bits per heavy atom. The Hall–Kier alpha value is -1.10. The standard InChI is InChI=1S/C15H26N2O3/c1-10(2)17(8-7-14(18)19)15(20)13-9-11-5-3-4-6-12(11)16-13/h10-13,16H,3-9H2,1-2H3,(H,18,19). The van der Waals surface area contributed by atoms with Gasteiger partial charge in [0.25, 0.3) is 0 Å². The van der Waals surface area contributed by atoms with E-state index in [1.807, 2.05) is 13.8 Å². The van der Waals surface area contributed by atoms with Crippen molar-refractivity contribution in [3.05, 3.63) is 0 Å². The normalized spacial score (nSPS) is 29.2. The summed E-state index contributed by atoms with van der Waals surface area (Å²) >= 11 is 0. The van der Waals surface area contributed by atoms with Crippen molar-refractivity contribution >= 4 is 11.9 Å². The number of carbonyl (C=O) groups is 2. The first-order valence-electron chi connectivity index (χ1n) is 7.77. The third kappa shape index (κ3) is 3.51. The van der Waals surface area contributed by atoms with E-state index in [9.17, 15) is 9.59 Å². The van der Waals surface area contributed by atoms with Crippen molar-refractivity contribution in [2.24, 2.45) is 5.92 Å². The van der Waals surface area contributed by atoms with Gasteiger partial charge in [0.05, 0.1) is 12.5 Å². The zero-order valence-corrected chi connectivity index (χ0v) is 12.5. The van der Waals surface area contributed by atoms with Gasteiger partial charge in [0, 0.05) is 18.6 Å². The molecule has 0 aromatic rings. The highest BCUT2D eigenvalue weighted by Gasteiger charge is 2.40. The highest BCUT2D eigenvalue weighted by atomic mass is 16.4. The van der Waals surface area contributed by atoms with Crippen LogP contribution in [0.4, 0.5) is 0 Å². The monoisotopic (exact) mass is 282 g/mol. The quantitative estimate of drug-likeness (QED) is 0.804. The number of rotatable bonds is 5. The van der Waals surface area contributed by atoms with E-state index in [0.717, 1.165) is 6.42 Å². The lowest BCUT2D eigenvalue weighted by atomic mass is 9.85. The molecular formula is C15H26N2O3. The number of fused-ring (bicyclic) bond motifs is 1. The van der Waals surface area contributed by atoms with Crippen molar-refractivity contribution in [3.63, 3.8) is 0 Å². The Morgan fingerprint density at radius 3 is 2.60 bits per heavy atom. The fourth-order valence-corrected chi connectivity index (χ4v) is 3.55. The van der Waals surface area contributed by atoms with Crippen LogP contribution in [-0.4, -0.2) is 46.6 Å². The van der Waals surface area contributed by atoms with Crippen LogP contribution in [0.3, 0.4) is 0 Å². The maximum atomic E-state index is 12.6. The van der Waals surface area contributed by atoms with Crippen LogP contribution in [0.25, 0.3) is 0 Å². The summed E-state index contributed by atoms with van der Waals surface area (Å²) in [7, 11) is 0. The van der Waals surface area contributed by atoms with Crippen LogP contribution in [0.5, 0.6) is 0 Å². The van der Waals surface area contributed by atoms with Gasteiger partial charge in [0.1, 0.15) is 0 Å². The second kappa shape index (κ2) is 6.57. The third-order valence-electron chi connectivity index (χ3n) is 4.63. The van der Waals surface area contributed by atoms with Crippen LogP contribution >= 0.6 is 0 Å². The predicted octanol–water partition coefficient (Wildman–Crippen LogP) is 1.62. The number of hydrogen-bond donors (Lipinski definition) is 2. The van der Waals surface area contributed by atoms with Gasteiger partial charge in [-0.15, -0.1) is 0 Å². The molecule has 1 aliphatic heterocycles. The lowest BCUT2D eigenvalue weighted by molar-refractivity contribution is -0.139. The minimum Gasteiger partial charge on any atom is -0.481 e. The van der Waals surface area contributed by atoms with E-state index in [4.69, 9.17) is 5.11 Å². The van der Waals surface area contributed by atoms with Crippen LogP contribution < -0.4 is 5.32 Å². The van der Waals surface area contributed by atoms with E-state index in [0.29, 0.717) is 18.5 Å². The fourth-order valence-electron chi connectivity index (χ4n) is 3.55. The van der Waals surface area contributed by atoms with Crippen molar-refractivity contribution < 1.29 is 14.7 Å². The Labute approximate surface area is 120 Å². The second-order valence-electron chi connectivity index (χ2n) is 6.38. The Kier molecular flexibility index (Phi) is 5.02. The summed E-state index contributed by atoms with van der Waals surface area (Å²) in [6, 6.07) is 0.428. The molecule has 1 heterocycles. The smallest absolute Gasteiger partial charge is 0.305 e. The molecule has 114 valence electrons. The summed E-state index contributed by atoms with van der Waals surface area (Å²) in [5.41, 5.74) is 0. The number of amides is 1. The Bertz CT molecular complexity index is 356. The van der Waals surface area contributed by atoms with Gasteiger partial charge in [0.15, 0.2) is 0 Å². The highest BCUT2D eigenvalue weighted by molar-refractivity contribution is 5.83. The van der Waals surface area contributed by atoms with Crippen LogP contribution in [0, 0.1) is 5.92 Å². The second-order valence-corrected chi connectivity index (χ2v) is 6.38. The van der Waals surface area contributed by atoms with Gasteiger partial charge in [-0.25, -0.2) is 0 Å². The van der Waals surface area contributed by atoms with Gasteiger partial charge in [-0.2, -0.15) is 0 Å². The molecule has 1 saturated heterocycles.